The van der Waals surface area contributed by atoms with Crippen LogP contribution in [-0.4, -0.2) is 27.5 Å². The second kappa shape index (κ2) is 7.09. The predicted octanol–water partition coefficient (Wildman–Crippen LogP) is 4.23. The number of carbonyl (C=O) groups is 1. The Hall–Kier alpha value is -0.480. The van der Waals surface area contributed by atoms with Crippen molar-refractivity contribution in [1.29, 1.82) is 0 Å². The molecular weight excluding hydrogens is 354 g/mol. The molecule has 4 aliphatic carbocycles. The maximum Gasteiger partial charge on any atom is 0.139 e. The van der Waals surface area contributed by atoms with Gasteiger partial charge in [-0.15, -0.1) is 0 Å². The topological polar surface area (TPSA) is 60.2 Å². The summed E-state index contributed by atoms with van der Waals surface area (Å²) in [5, 5.41) is 0.324. The molecule has 8 atom stereocenters. The lowest BCUT2D eigenvalue weighted by atomic mass is 9.44. The minimum Gasteiger partial charge on any atom is -0.330 e. The van der Waals surface area contributed by atoms with Crippen LogP contribution in [0.3, 0.4) is 0 Å². The third-order valence-corrected chi connectivity index (χ3v) is 11.1. The molecule has 4 saturated carbocycles. The number of rotatable bonds is 4. The molecule has 4 aliphatic rings. The summed E-state index contributed by atoms with van der Waals surface area (Å²) in [7, 11) is -0.746. The summed E-state index contributed by atoms with van der Waals surface area (Å²) in [5.74, 6) is 3.71. The zero-order valence-corrected chi connectivity index (χ0v) is 18.0. The van der Waals surface area contributed by atoms with Crippen LogP contribution >= 0.6 is 0 Å². The van der Waals surface area contributed by atoms with Gasteiger partial charge in [-0.2, -0.15) is 0 Å². The second-order valence-electron chi connectivity index (χ2n) is 10.3. The Kier molecular flexibility index (Phi) is 5.20. The Morgan fingerprint density at radius 2 is 1.96 bits per heavy atom. The highest BCUT2D eigenvalue weighted by Crippen LogP contribution is 2.66. The van der Waals surface area contributed by atoms with E-state index in [0.29, 0.717) is 40.7 Å². The number of nitrogens with two attached hydrogens (primary N) is 1. The molecule has 4 fully saturated rings. The van der Waals surface area contributed by atoms with Crippen molar-refractivity contribution >= 4 is 16.6 Å². The summed E-state index contributed by atoms with van der Waals surface area (Å²) in [6.07, 6.45) is 9.44. The molecule has 152 valence electrons. The first kappa shape index (κ1) is 19.8. The summed E-state index contributed by atoms with van der Waals surface area (Å²) in [6, 6.07) is 0. The third-order valence-electron chi connectivity index (χ3n) is 9.20. The Morgan fingerprint density at radius 1 is 1.19 bits per heavy atom. The van der Waals surface area contributed by atoms with E-state index in [2.05, 4.69) is 20.4 Å². The first-order valence-corrected chi connectivity index (χ1v) is 12.5. The van der Waals surface area contributed by atoms with Crippen molar-refractivity contribution < 1.29 is 9.00 Å². The maximum absolute atomic E-state index is 12.7. The highest BCUT2D eigenvalue weighted by atomic mass is 32.2. The molecule has 4 heteroatoms. The molecule has 1 unspecified atom stereocenters. The Balaban J connectivity index is 1.55. The van der Waals surface area contributed by atoms with Crippen LogP contribution in [0.15, 0.2) is 12.2 Å². The number of hydrogen-bond donors (Lipinski definition) is 1. The Labute approximate surface area is 167 Å². The first-order valence-electron chi connectivity index (χ1n) is 11.1. The summed E-state index contributed by atoms with van der Waals surface area (Å²) >= 11 is 0. The zero-order chi connectivity index (χ0) is 19.4. The minimum absolute atomic E-state index is 0.0639. The first-order chi connectivity index (χ1) is 12.8. The number of allylic oxidation sites excluding steroid dienone is 1. The van der Waals surface area contributed by atoms with Crippen molar-refractivity contribution in [3.05, 3.63) is 12.2 Å². The van der Waals surface area contributed by atoms with Gasteiger partial charge in [-0.05, 0) is 87.0 Å². The zero-order valence-electron chi connectivity index (χ0n) is 17.2. The molecule has 3 nitrogen and oxygen atoms in total. The van der Waals surface area contributed by atoms with Gasteiger partial charge in [0, 0.05) is 33.6 Å². The van der Waals surface area contributed by atoms with E-state index in [0.717, 1.165) is 56.6 Å². The molecule has 4 rings (SSSR count). The van der Waals surface area contributed by atoms with Gasteiger partial charge in [0.2, 0.25) is 0 Å². The van der Waals surface area contributed by atoms with Gasteiger partial charge in [0.15, 0.2) is 0 Å². The SMILES string of the molecule is C=C1C[C@@H]2[C@H](CC[C@]3(C)C(=O)CC[C@@H]23)[C@@]2(C)CC[C@H]([S@@](=O)CCCN)CC12. The van der Waals surface area contributed by atoms with Gasteiger partial charge in [-0.3, -0.25) is 9.00 Å². The molecule has 0 aliphatic heterocycles. The van der Waals surface area contributed by atoms with E-state index in [1.54, 1.807) is 0 Å². The quantitative estimate of drug-likeness (QED) is 0.730. The summed E-state index contributed by atoms with van der Waals surface area (Å²) in [5.41, 5.74) is 7.24. The minimum atomic E-state index is -0.746. The van der Waals surface area contributed by atoms with Gasteiger partial charge in [0.25, 0.3) is 0 Å². The number of fused-ring (bicyclic) bond motifs is 5. The van der Waals surface area contributed by atoms with E-state index >= 15 is 0 Å². The van der Waals surface area contributed by atoms with E-state index < -0.39 is 10.8 Å². The molecule has 0 radical (unpaired) electrons. The lowest BCUT2D eigenvalue weighted by Crippen LogP contribution is -2.55. The lowest BCUT2D eigenvalue weighted by molar-refractivity contribution is -0.135. The molecule has 27 heavy (non-hydrogen) atoms. The van der Waals surface area contributed by atoms with E-state index in [1.165, 1.54) is 18.4 Å². The average molecular weight is 392 g/mol. The number of Topliss-reactive ketones (excluding diaryl/α,β-unsaturated/α-hetero) is 1. The van der Waals surface area contributed by atoms with Gasteiger partial charge in [0.05, 0.1) is 0 Å². The fourth-order valence-electron chi connectivity index (χ4n) is 7.61. The second-order valence-corrected chi connectivity index (χ2v) is 12.2. The van der Waals surface area contributed by atoms with Crippen LogP contribution in [0.1, 0.15) is 71.6 Å². The van der Waals surface area contributed by atoms with E-state index in [1.807, 2.05) is 0 Å². The molecule has 0 saturated heterocycles. The van der Waals surface area contributed by atoms with Gasteiger partial charge in [-0.25, -0.2) is 0 Å². The van der Waals surface area contributed by atoms with Crippen LogP contribution in [0.5, 0.6) is 0 Å². The summed E-state index contributed by atoms with van der Waals surface area (Å²) < 4.78 is 12.7. The number of carbonyl (C=O) groups excluding carboxylic acids is 1. The third kappa shape index (κ3) is 3.01. The van der Waals surface area contributed by atoms with Crippen molar-refractivity contribution in [2.75, 3.05) is 12.3 Å². The molecule has 2 N–H and O–H groups in total. The molecule has 0 amide bonds. The van der Waals surface area contributed by atoms with Crippen molar-refractivity contribution in [2.24, 2.45) is 40.2 Å². The number of hydrogen-bond acceptors (Lipinski definition) is 3. The highest BCUT2D eigenvalue weighted by Gasteiger charge is 2.61. The van der Waals surface area contributed by atoms with Gasteiger partial charge < -0.3 is 5.73 Å². The van der Waals surface area contributed by atoms with Crippen molar-refractivity contribution in [2.45, 2.75) is 76.9 Å². The smallest absolute Gasteiger partial charge is 0.139 e. The monoisotopic (exact) mass is 391 g/mol. The fourth-order valence-corrected chi connectivity index (χ4v) is 9.18. The molecule has 0 spiro atoms. The Morgan fingerprint density at radius 3 is 2.70 bits per heavy atom. The standard InChI is InChI=1S/C23H37NO2S/c1-15-13-17-18-5-6-21(25)23(18,3)10-8-19(17)22(2)9-7-16(14-20(15)22)27(26)12-4-11-24/h16-20H,1,4-14,24H2,2-3H3/t16-,17-,18-,19-,20?,22+,23-,27-/m0/s1. The normalized spacial score (nSPS) is 47.9. The van der Waals surface area contributed by atoms with Crippen LogP contribution < -0.4 is 5.73 Å². The average Bonchev–Trinajstić information content (AvgIpc) is 2.95. The van der Waals surface area contributed by atoms with Gasteiger partial charge in [-0.1, -0.05) is 26.0 Å². The van der Waals surface area contributed by atoms with Crippen LogP contribution in [0.4, 0.5) is 0 Å². The molecule has 0 bridgehead atoms. The molecule has 0 aromatic carbocycles. The predicted molar refractivity (Wildman–Crippen MR) is 112 cm³/mol. The van der Waals surface area contributed by atoms with Crippen molar-refractivity contribution in [1.82, 2.24) is 0 Å². The molecule has 0 aromatic heterocycles. The molecule has 0 aromatic rings. The lowest BCUT2D eigenvalue weighted by Gasteiger charge is -2.60. The Bertz CT molecular complexity index is 661. The van der Waals surface area contributed by atoms with Crippen LogP contribution in [0, 0.1) is 34.5 Å². The fraction of sp³-hybridized carbons (Fsp3) is 0.870. The van der Waals surface area contributed by atoms with Crippen LogP contribution in [0.2, 0.25) is 0 Å². The van der Waals surface area contributed by atoms with E-state index in [9.17, 15) is 9.00 Å². The molecular formula is C23H37NO2S. The largest absolute Gasteiger partial charge is 0.330 e. The number of ketones is 1. The van der Waals surface area contributed by atoms with Crippen LogP contribution in [-0.2, 0) is 15.6 Å². The highest BCUT2D eigenvalue weighted by molar-refractivity contribution is 7.85. The van der Waals surface area contributed by atoms with E-state index in [-0.39, 0.29) is 5.41 Å². The summed E-state index contributed by atoms with van der Waals surface area (Å²) in [4.78, 5) is 12.6. The van der Waals surface area contributed by atoms with Gasteiger partial charge >= 0.3 is 0 Å². The van der Waals surface area contributed by atoms with Crippen molar-refractivity contribution in [3.8, 4) is 0 Å². The van der Waals surface area contributed by atoms with E-state index in [4.69, 9.17) is 5.73 Å². The van der Waals surface area contributed by atoms with Crippen molar-refractivity contribution in [3.63, 3.8) is 0 Å². The van der Waals surface area contributed by atoms with Gasteiger partial charge in [0.1, 0.15) is 5.78 Å². The summed E-state index contributed by atoms with van der Waals surface area (Å²) in [6.45, 7) is 9.92. The molecule has 0 heterocycles. The van der Waals surface area contributed by atoms with Crippen LogP contribution in [0.25, 0.3) is 0 Å². The maximum atomic E-state index is 12.7.